The fourth-order valence-electron chi connectivity index (χ4n) is 2.30. The molecule has 2 aromatic rings. The van der Waals surface area contributed by atoms with E-state index in [1.54, 1.807) is 19.1 Å². The summed E-state index contributed by atoms with van der Waals surface area (Å²) in [6, 6.07) is 6.00. The van der Waals surface area contributed by atoms with Crippen LogP contribution < -0.4 is 10.1 Å². The van der Waals surface area contributed by atoms with Gasteiger partial charge >= 0.3 is 0 Å². The van der Waals surface area contributed by atoms with Gasteiger partial charge in [0.05, 0.1) is 13.2 Å². The zero-order valence-corrected chi connectivity index (χ0v) is 12.0. The van der Waals surface area contributed by atoms with Crippen molar-refractivity contribution in [3.63, 3.8) is 0 Å². The Morgan fingerprint density at radius 3 is 2.24 bits per heavy atom. The van der Waals surface area contributed by atoms with Gasteiger partial charge in [0.25, 0.3) is 0 Å². The molecule has 0 aliphatic carbocycles. The van der Waals surface area contributed by atoms with Crippen molar-refractivity contribution < 1.29 is 17.9 Å². The Morgan fingerprint density at radius 1 is 1.10 bits per heavy atom. The molecule has 2 rings (SSSR count). The van der Waals surface area contributed by atoms with Gasteiger partial charge in [-0.2, -0.15) is 0 Å². The fraction of sp³-hybridized carbons (Fsp3) is 0.250. The zero-order valence-electron chi connectivity index (χ0n) is 12.0. The topological polar surface area (TPSA) is 21.3 Å². The third-order valence-corrected chi connectivity index (χ3v) is 3.40. The van der Waals surface area contributed by atoms with Crippen LogP contribution in [0.2, 0.25) is 0 Å². The minimum atomic E-state index is -0.921. The molecule has 0 bridgehead atoms. The fourth-order valence-corrected chi connectivity index (χ4v) is 2.30. The molecule has 1 N–H and O–H groups in total. The molecule has 1 unspecified atom stereocenters. The Balaban J connectivity index is 2.59. The van der Waals surface area contributed by atoms with E-state index < -0.39 is 23.5 Å². The van der Waals surface area contributed by atoms with Gasteiger partial charge in [-0.3, -0.25) is 0 Å². The number of aryl methyl sites for hydroxylation is 1. The second kappa shape index (κ2) is 6.18. The molecule has 5 heteroatoms. The van der Waals surface area contributed by atoms with Crippen LogP contribution in [-0.4, -0.2) is 14.2 Å². The minimum absolute atomic E-state index is 0.0771. The van der Waals surface area contributed by atoms with E-state index in [0.29, 0.717) is 5.56 Å². The molecule has 0 amide bonds. The molecule has 0 radical (unpaired) electrons. The van der Waals surface area contributed by atoms with Crippen LogP contribution in [0.15, 0.2) is 30.3 Å². The molecule has 0 aromatic heterocycles. The SMILES string of the molecule is CNC(c1cccc(C)c1F)c1c(F)cc(OC)cc1F. The monoisotopic (exact) mass is 295 g/mol. The van der Waals surface area contributed by atoms with Gasteiger partial charge in [-0.15, -0.1) is 0 Å². The highest BCUT2D eigenvalue weighted by Crippen LogP contribution is 2.31. The van der Waals surface area contributed by atoms with Crippen LogP contribution in [0, 0.1) is 24.4 Å². The summed E-state index contributed by atoms with van der Waals surface area (Å²) in [7, 11) is 2.85. The van der Waals surface area contributed by atoms with Crippen LogP contribution in [0.3, 0.4) is 0 Å². The van der Waals surface area contributed by atoms with Crippen molar-refractivity contribution in [2.24, 2.45) is 0 Å². The highest BCUT2D eigenvalue weighted by Gasteiger charge is 2.24. The van der Waals surface area contributed by atoms with E-state index in [-0.39, 0.29) is 16.9 Å². The molecule has 2 aromatic carbocycles. The Labute approximate surface area is 121 Å². The predicted octanol–water partition coefficient (Wildman–Crippen LogP) is 3.73. The molecule has 0 fully saturated rings. The number of halogens is 3. The first-order valence-corrected chi connectivity index (χ1v) is 6.44. The van der Waals surface area contributed by atoms with Gasteiger partial charge in [-0.1, -0.05) is 18.2 Å². The maximum atomic E-state index is 14.2. The molecular formula is C16H16F3NO. The van der Waals surface area contributed by atoms with E-state index in [0.717, 1.165) is 12.1 Å². The quantitative estimate of drug-likeness (QED) is 0.928. The standard InChI is InChI=1S/C16H16F3NO/c1-9-5-4-6-11(15(9)19)16(20-2)14-12(17)7-10(21-3)8-13(14)18/h4-8,16,20H,1-3H3. The highest BCUT2D eigenvalue weighted by atomic mass is 19.1. The first-order chi connectivity index (χ1) is 9.99. The largest absolute Gasteiger partial charge is 0.497 e. The smallest absolute Gasteiger partial charge is 0.134 e. The van der Waals surface area contributed by atoms with Crippen molar-refractivity contribution in [2.75, 3.05) is 14.2 Å². The highest BCUT2D eigenvalue weighted by molar-refractivity contribution is 5.39. The van der Waals surface area contributed by atoms with Crippen LogP contribution >= 0.6 is 0 Å². The molecule has 0 aliphatic rings. The molecule has 112 valence electrons. The third kappa shape index (κ3) is 2.88. The number of hydrogen-bond acceptors (Lipinski definition) is 2. The number of benzene rings is 2. The summed E-state index contributed by atoms with van der Waals surface area (Å²) in [6.07, 6.45) is 0. The van der Waals surface area contributed by atoms with Gasteiger partial charge in [0.2, 0.25) is 0 Å². The number of ether oxygens (including phenoxy) is 1. The lowest BCUT2D eigenvalue weighted by molar-refractivity contribution is 0.403. The minimum Gasteiger partial charge on any atom is -0.497 e. The molecule has 0 spiro atoms. The molecule has 0 saturated carbocycles. The summed E-state index contributed by atoms with van der Waals surface area (Å²) in [5.74, 6) is -1.97. The van der Waals surface area contributed by atoms with E-state index in [9.17, 15) is 13.2 Å². The van der Waals surface area contributed by atoms with Crippen LogP contribution in [0.1, 0.15) is 22.7 Å². The Hall–Kier alpha value is -2.01. The first kappa shape index (κ1) is 15.4. The van der Waals surface area contributed by atoms with Crippen molar-refractivity contribution >= 4 is 0 Å². The summed E-state index contributed by atoms with van der Waals surface area (Å²) >= 11 is 0. The van der Waals surface area contributed by atoms with Crippen molar-refractivity contribution in [2.45, 2.75) is 13.0 Å². The predicted molar refractivity (Wildman–Crippen MR) is 74.9 cm³/mol. The molecule has 1 atom stereocenters. The first-order valence-electron chi connectivity index (χ1n) is 6.44. The van der Waals surface area contributed by atoms with Crippen LogP contribution in [0.25, 0.3) is 0 Å². The van der Waals surface area contributed by atoms with Gasteiger partial charge in [0.1, 0.15) is 23.2 Å². The normalized spacial score (nSPS) is 12.3. The van der Waals surface area contributed by atoms with Gasteiger partial charge in [0, 0.05) is 23.3 Å². The average Bonchev–Trinajstić information content (AvgIpc) is 2.46. The lowest BCUT2D eigenvalue weighted by atomic mass is 9.95. The molecule has 21 heavy (non-hydrogen) atoms. The summed E-state index contributed by atoms with van der Waals surface area (Å²) in [5, 5.41) is 2.76. The van der Waals surface area contributed by atoms with Gasteiger partial charge in [0.15, 0.2) is 0 Å². The number of hydrogen-bond donors (Lipinski definition) is 1. The molecule has 0 saturated heterocycles. The lowest BCUT2D eigenvalue weighted by Crippen LogP contribution is -2.22. The third-order valence-electron chi connectivity index (χ3n) is 3.40. The van der Waals surface area contributed by atoms with Crippen LogP contribution in [0.5, 0.6) is 5.75 Å². The second-order valence-corrected chi connectivity index (χ2v) is 4.70. The van der Waals surface area contributed by atoms with Crippen LogP contribution in [0.4, 0.5) is 13.2 Å². The summed E-state index contributed by atoms with van der Waals surface area (Å²) in [6.45, 7) is 1.60. The molecular weight excluding hydrogens is 279 g/mol. The maximum Gasteiger partial charge on any atom is 0.134 e. The van der Waals surface area contributed by atoms with Gasteiger partial charge in [-0.25, -0.2) is 13.2 Å². The lowest BCUT2D eigenvalue weighted by Gasteiger charge is -2.20. The number of methoxy groups -OCH3 is 1. The van der Waals surface area contributed by atoms with E-state index in [1.165, 1.54) is 20.2 Å². The Morgan fingerprint density at radius 2 is 1.71 bits per heavy atom. The van der Waals surface area contributed by atoms with Crippen molar-refractivity contribution in [3.05, 3.63) is 64.5 Å². The zero-order chi connectivity index (χ0) is 15.6. The number of rotatable bonds is 4. The summed E-state index contributed by atoms with van der Waals surface area (Å²) in [5.41, 5.74) is 0.380. The summed E-state index contributed by atoms with van der Waals surface area (Å²) < 4.78 is 47.4. The second-order valence-electron chi connectivity index (χ2n) is 4.70. The maximum absolute atomic E-state index is 14.2. The van der Waals surface area contributed by atoms with E-state index in [4.69, 9.17) is 4.74 Å². The molecule has 0 heterocycles. The van der Waals surface area contributed by atoms with Gasteiger partial charge < -0.3 is 10.1 Å². The van der Waals surface area contributed by atoms with Crippen molar-refractivity contribution in [1.82, 2.24) is 5.32 Å². The Kier molecular flexibility index (Phi) is 4.53. The Bertz CT molecular complexity index is 635. The van der Waals surface area contributed by atoms with E-state index in [2.05, 4.69) is 5.32 Å². The molecule has 2 nitrogen and oxygen atoms in total. The van der Waals surface area contributed by atoms with Crippen LogP contribution in [-0.2, 0) is 0 Å². The molecule has 0 aliphatic heterocycles. The summed E-state index contributed by atoms with van der Waals surface area (Å²) in [4.78, 5) is 0. The average molecular weight is 295 g/mol. The van der Waals surface area contributed by atoms with Crippen molar-refractivity contribution in [3.8, 4) is 5.75 Å². The number of nitrogens with one attached hydrogen (secondary N) is 1. The van der Waals surface area contributed by atoms with Gasteiger partial charge in [-0.05, 0) is 19.5 Å². The van der Waals surface area contributed by atoms with E-state index in [1.807, 2.05) is 0 Å². The van der Waals surface area contributed by atoms with E-state index >= 15 is 0 Å². The van der Waals surface area contributed by atoms with Crippen molar-refractivity contribution in [1.29, 1.82) is 0 Å².